The lowest BCUT2D eigenvalue weighted by Crippen LogP contribution is -2.57. The Morgan fingerprint density at radius 2 is 1.95 bits per heavy atom. The molecule has 0 radical (unpaired) electrons. The van der Waals surface area contributed by atoms with Crippen LogP contribution in [0.15, 0.2) is 18.2 Å². The summed E-state index contributed by atoms with van der Waals surface area (Å²) < 4.78 is 19.9. The predicted molar refractivity (Wildman–Crippen MR) is 84.6 cm³/mol. The van der Waals surface area contributed by atoms with Gasteiger partial charge in [-0.05, 0) is 36.6 Å². The first kappa shape index (κ1) is 17.2. The number of ether oxygens (including phenoxy) is 1. The maximum atomic E-state index is 13.9. The lowest BCUT2D eigenvalue weighted by molar-refractivity contribution is -0.144. The summed E-state index contributed by atoms with van der Waals surface area (Å²) in [5.41, 5.74) is 5.76. The van der Waals surface area contributed by atoms with Gasteiger partial charge in [0, 0.05) is 37.6 Å². The minimum Gasteiger partial charge on any atom is -0.373 e. The van der Waals surface area contributed by atoms with Gasteiger partial charge in [0.1, 0.15) is 11.4 Å². The normalized spacial score (nSPS) is 30.5. The SMILES string of the molecule is COC1(c2cc(F)cc(C(N)=O)c2)C2CCCC1CNC2.Cl. The molecule has 3 N–H and O–H groups in total. The summed E-state index contributed by atoms with van der Waals surface area (Å²) in [5.74, 6) is -0.467. The first-order valence-electron chi connectivity index (χ1n) is 7.44. The monoisotopic (exact) mass is 328 g/mol. The Balaban J connectivity index is 0.00000176. The Morgan fingerprint density at radius 3 is 2.50 bits per heavy atom. The molecule has 3 rings (SSSR count). The van der Waals surface area contributed by atoms with Gasteiger partial charge in [-0.3, -0.25) is 4.79 Å². The molecule has 1 aliphatic heterocycles. The molecule has 2 aliphatic rings. The second-order valence-electron chi connectivity index (χ2n) is 6.07. The molecule has 1 aromatic carbocycles. The lowest BCUT2D eigenvalue weighted by atomic mass is 9.62. The second kappa shape index (κ2) is 6.52. The molecule has 4 nitrogen and oxygen atoms in total. The van der Waals surface area contributed by atoms with Crippen molar-refractivity contribution >= 4 is 18.3 Å². The van der Waals surface area contributed by atoms with Gasteiger partial charge in [-0.2, -0.15) is 0 Å². The minimum absolute atomic E-state index is 0. The number of amides is 1. The van der Waals surface area contributed by atoms with Gasteiger partial charge < -0.3 is 15.8 Å². The summed E-state index contributed by atoms with van der Waals surface area (Å²) in [6.07, 6.45) is 3.25. The summed E-state index contributed by atoms with van der Waals surface area (Å²) in [4.78, 5) is 11.4. The van der Waals surface area contributed by atoms with Crippen LogP contribution < -0.4 is 11.1 Å². The number of hydrogen-bond donors (Lipinski definition) is 2. The summed E-state index contributed by atoms with van der Waals surface area (Å²) in [6, 6.07) is 4.38. The largest absolute Gasteiger partial charge is 0.373 e. The minimum atomic E-state index is -0.610. The van der Waals surface area contributed by atoms with Crippen LogP contribution in [0.5, 0.6) is 0 Å². The Hall–Kier alpha value is -1.17. The van der Waals surface area contributed by atoms with Gasteiger partial charge in [0.05, 0.1) is 0 Å². The van der Waals surface area contributed by atoms with Crippen LogP contribution in [0.4, 0.5) is 4.39 Å². The van der Waals surface area contributed by atoms with E-state index in [0.717, 1.165) is 31.5 Å². The molecule has 1 saturated carbocycles. The van der Waals surface area contributed by atoms with Crippen LogP contribution in [-0.4, -0.2) is 26.1 Å². The average molecular weight is 329 g/mol. The van der Waals surface area contributed by atoms with Gasteiger partial charge in [0.2, 0.25) is 5.91 Å². The highest BCUT2D eigenvalue weighted by Gasteiger charge is 2.51. The number of halogens is 2. The molecular formula is C16H22ClFN2O2. The molecule has 22 heavy (non-hydrogen) atoms. The van der Waals surface area contributed by atoms with Crippen molar-refractivity contribution < 1.29 is 13.9 Å². The molecule has 1 aliphatic carbocycles. The van der Waals surface area contributed by atoms with Crippen LogP contribution in [-0.2, 0) is 10.3 Å². The zero-order valence-electron chi connectivity index (χ0n) is 12.6. The van der Waals surface area contributed by atoms with Crippen molar-refractivity contribution in [1.29, 1.82) is 0 Å². The quantitative estimate of drug-likeness (QED) is 0.894. The zero-order chi connectivity index (χ0) is 15.0. The smallest absolute Gasteiger partial charge is 0.248 e. The fourth-order valence-corrected chi connectivity index (χ4v) is 4.19. The number of carbonyl (C=O) groups excluding carboxylic acids is 1. The highest BCUT2D eigenvalue weighted by atomic mass is 35.5. The maximum absolute atomic E-state index is 13.9. The van der Waals surface area contributed by atoms with Gasteiger partial charge in [-0.15, -0.1) is 12.4 Å². The van der Waals surface area contributed by atoms with Gasteiger partial charge in [-0.1, -0.05) is 6.42 Å². The summed E-state index contributed by atoms with van der Waals surface area (Å²) in [5, 5.41) is 3.43. The van der Waals surface area contributed by atoms with E-state index in [2.05, 4.69) is 5.32 Å². The number of methoxy groups -OCH3 is 1. The van der Waals surface area contributed by atoms with Gasteiger partial charge in [0.15, 0.2) is 0 Å². The molecule has 1 saturated heterocycles. The van der Waals surface area contributed by atoms with Gasteiger partial charge in [0.25, 0.3) is 0 Å². The molecule has 6 heteroatoms. The number of fused-ring (bicyclic) bond motifs is 2. The number of primary amides is 1. The number of nitrogens with two attached hydrogens (primary N) is 1. The fraction of sp³-hybridized carbons (Fsp3) is 0.562. The van der Waals surface area contributed by atoms with E-state index in [0.29, 0.717) is 0 Å². The highest BCUT2D eigenvalue weighted by Crippen LogP contribution is 2.49. The van der Waals surface area contributed by atoms with E-state index in [1.165, 1.54) is 18.6 Å². The number of rotatable bonds is 3. The third-order valence-electron chi connectivity index (χ3n) is 5.07. The van der Waals surface area contributed by atoms with Crippen molar-refractivity contribution in [3.8, 4) is 0 Å². The summed E-state index contributed by atoms with van der Waals surface area (Å²) in [6.45, 7) is 1.71. The number of carbonyl (C=O) groups is 1. The van der Waals surface area contributed by atoms with Crippen molar-refractivity contribution in [3.05, 3.63) is 35.1 Å². The molecular weight excluding hydrogens is 307 g/mol. The molecule has 2 atom stereocenters. The Bertz CT molecular complexity index is 545. The molecule has 2 fully saturated rings. The van der Waals surface area contributed by atoms with Crippen molar-refractivity contribution in [2.75, 3.05) is 20.2 Å². The van der Waals surface area contributed by atoms with Crippen LogP contribution in [0.2, 0.25) is 0 Å². The van der Waals surface area contributed by atoms with Gasteiger partial charge in [-0.25, -0.2) is 4.39 Å². The predicted octanol–water partition coefficient (Wildman–Crippen LogP) is 2.21. The fourth-order valence-electron chi connectivity index (χ4n) is 4.19. The topological polar surface area (TPSA) is 64.3 Å². The van der Waals surface area contributed by atoms with E-state index in [1.807, 2.05) is 0 Å². The summed E-state index contributed by atoms with van der Waals surface area (Å²) in [7, 11) is 1.69. The van der Waals surface area contributed by atoms with E-state index >= 15 is 0 Å². The van der Waals surface area contributed by atoms with Crippen molar-refractivity contribution in [2.45, 2.75) is 24.9 Å². The van der Waals surface area contributed by atoms with E-state index in [4.69, 9.17) is 10.5 Å². The summed E-state index contributed by atoms with van der Waals surface area (Å²) >= 11 is 0. The molecule has 1 amide bonds. The molecule has 0 spiro atoms. The molecule has 1 heterocycles. The highest BCUT2D eigenvalue weighted by molar-refractivity contribution is 5.93. The van der Waals surface area contributed by atoms with Crippen LogP contribution >= 0.6 is 12.4 Å². The van der Waals surface area contributed by atoms with Crippen LogP contribution in [0, 0.1) is 17.7 Å². The first-order chi connectivity index (χ1) is 10.1. The second-order valence-corrected chi connectivity index (χ2v) is 6.07. The number of benzene rings is 1. The van der Waals surface area contributed by atoms with Crippen LogP contribution in [0.25, 0.3) is 0 Å². The van der Waals surface area contributed by atoms with Crippen LogP contribution in [0.3, 0.4) is 0 Å². The Labute approximate surface area is 136 Å². The average Bonchev–Trinajstić information content (AvgIpc) is 2.45. The molecule has 122 valence electrons. The number of hydrogen-bond acceptors (Lipinski definition) is 3. The van der Waals surface area contributed by atoms with E-state index < -0.39 is 17.3 Å². The molecule has 0 aromatic heterocycles. The molecule has 1 aromatic rings. The molecule has 2 unspecified atom stereocenters. The first-order valence-corrected chi connectivity index (χ1v) is 7.44. The van der Waals surface area contributed by atoms with Crippen molar-refractivity contribution in [3.63, 3.8) is 0 Å². The number of piperidine rings is 1. The number of nitrogens with one attached hydrogen (secondary N) is 1. The third-order valence-corrected chi connectivity index (χ3v) is 5.07. The standard InChI is InChI=1S/C16H21FN2O2.ClH/c1-21-16(11-3-2-4-12(16)9-19-8-11)13-5-10(15(18)20)6-14(17)7-13;/h5-7,11-12,19H,2-4,8-9H2,1H3,(H2,18,20);1H. The maximum Gasteiger partial charge on any atom is 0.248 e. The molecule has 2 bridgehead atoms. The van der Waals surface area contributed by atoms with Crippen molar-refractivity contribution in [2.24, 2.45) is 17.6 Å². The van der Waals surface area contributed by atoms with E-state index in [-0.39, 0.29) is 29.8 Å². The van der Waals surface area contributed by atoms with Crippen molar-refractivity contribution in [1.82, 2.24) is 5.32 Å². The van der Waals surface area contributed by atoms with E-state index in [9.17, 15) is 9.18 Å². The van der Waals surface area contributed by atoms with E-state index in [1.54, 1.807) is 13.2 Å². The third kappa shape index (κ3) is 2.62. The van der Waals surface area contributed by atoms with Gasteiger partial charge >= 0.3 is 0 Å². The Kier molecular flexibility index (Phi) is 5.10. The lowest BCUT2D eigenvalue weighted by Gasteiger charge is -2.52. The van der Waals surface area contributed by atoms with Crippen LogP contribution in [0.1, 0.15) is 35.2 Å². The Morgan fingerprint density at radius 1 is 1.32 bits per heavy atom. The zero-order valence-corrected chi connectivity index (χ0v) is 13.4.